The van der Waals surface area contributed by atoms with Gasteiger partial charge in [0.05, 0.1) is 6.04 Å². The maximum atomic E-state index is 14.9. The van der Waals surface area contributed by atoms with Gasteiger partial charge in [-0.25, -0.2) is 13.2 Å². The second kappa shape index (κ2) is 6.41. The Kier molecular flexibility index (Phi) is 4.30. The monoisotopic (exact) mass is 372 g/mol. The minimum Gasteiger partial charge on any atom is -0.357 e. The first-order valence-electron chi connectivity index (χ1n) is 9.22. The van der Waals surface area contributed by atoms with Gasteiger partial charge in [0.2, 0.25) is 0 Å². The topological polar surface area (TPSA) is 19.0 Å². The van der Waals surface area contributed by atoms with Crippen molar-refractivity contribution in [2.75, 3.05) is 13.1 Å². The molecule has 0 fully saturated rings. The molecule has 27 heavy (non-hydrogen) atoms. The summed E-state index contributed by atoms with van der Waals surface area (Å²) in [5.74, 6) is -1.18. The van der Waals surface area contributed by atoms with Crippen molar-refractivity contribution in [3.63, 3.8) is 0 Å². The number of nitrogens with zero attached hydrogens (tertiary/aromatic N) is 1. The molecule has 0 saturated heterocycles. The quantitative estimate of drug-likeness (QED) is 0.648. The van der Waals surface area contributed by atoms with Crippen LogP contribution in [0.5, 0.6) is 0 Å². The van der Waals surface area contributed by atoms with Gasteiger partial charge in [0.15, 0.2) is 0 Å². The Morgan fingerprint density at radius 1 is 1.15 bits per heavy atom. The van der Waals surface area contributed by atoms with E-state index in [1.54, 1.807) is 6.92 Å². The molecule has 0 radical (unpaired) electrons. The molecule has 0 spiro atoms. The zero-order valence-electron chi connectivity index (χ0n) is 15.7. The number of aromatic amines is 1. The lowest BCUT2D eigenvalue weighted by Gasteiger charge is -2.38. The Hall–Kier alpha value is -2.27. The van der Waals surface area contributed by atoms with E-state index in [1.165, 1.54) is 26.0 Å². The van der Waals surface area contributed by atoms with Crippen LogP contribution in [0.3, 0.4) is 0 Å². The van der Waals surface area contributed by atoms with E-state index in [9.17, 15) is 13.2 Å². The van der Waals surface area contributed by atoms with E-state index in [4.69, 9.17) is 0 Å². The Balaban J connectivity index is 1.93. The second-order valence-corrected chi connectivity index (χ2v) is 8.05. The maximum Gasteiger partial charge on any atom is 0.131 e. The van der Waals surface area contributed by atoms with Crippen molar-refractivity contribution >= 4 is 10.9 Å². The molecule has 1 unspecified atom stereocenters. The van der Waals surface area contributed by atoms with Gasteiger partial charge in [0.25, 0.3) is 0 Å². The first-order valence-corrected chi connectivity index (χ1v) is 9.22. The number of benzene rings is 2. The van der Waals surface area contributed by atoms with E-state index >= 15 is 0 Å². The number of halogens is 3. The van der Waals surface area contributed by atoms with E-state index in [-0.39, 0.29) is 12.1 Å². The van der Waals surface area contributed by atoms with Crippen LogP contribution in [0.2, 0.25) is 0 Å². The summed E-state index contributed by atoms with van der Waals surface area (Å²) in [7, 11) is 0. The third-order valence-electron chi connectivity index (χ3n) is 5.21. The fourth-order valence-corrected chi connectivity index (χ4v) is 4.24. The van der Waals surface area contributed by atoms with E-state index in [2.05, 4.69) is 4.98 Å². The van der Waals surface area contributed by atoms with Gasteiger partial charge in [-0.3, -0.25) is 4.90 Å². The number of para-hydroxylation sites is 1. The molecule has 4 rings (SSSR count). The van der Waals surface area contributed by atoms with Crippen molar-refractivity contribution in [2.24, 2.45) is 0 Å². The molecule has 5 heteroatoms. The van der Waals surface area contributed by atoms with Gasteiger partial charge in [0.1, 0.15) is 17.3 Å². The molecule has 0 amide bonds. The van der Waals surface area contributed by atoms with Crippen molar-refractivity contribution in [2.45, 2.75) is 38.9 Å². The highest BCUT2D eigenvalue weighted by atomic mass is 19.1. The Morgan fingerprint density at radius 2 is 1.81 bits per heavy atom. The van der Waals surface area contributed by atoms with Crippen molar-refractivity contribution < 1.29 is 13.2 Å². The third kappa shape index (κ3) is 3.25. The number of rotatable bonds is 3. The summed E-state index contributed by atoms with van der Waals surface area (Å²) >= 11 is 0. The third-order valence-corrected chi connectivity index (χ3v) is 5.21. The predicted molar refractivity (Wildman–Crippen MR) is 102 cm³/mol. The number of aromatic nitrogens is 1. The number of nitrogens with one attached hydrogen (secondary N) is 1. The lowest BCUT2D eigenvalue weighted by molar-refractivity contribution is 0.0962. The fraction of sp³-hybridized carbons (Fsp3) is 0.364. The van der Waals surface area contributed by atoms with E-state index in [0.29, 0.717) is 18.5 Å². The van der Waals surface area contributed by atoms with Crippen molar-refractivity contribution in [3.05, 3.63) is 70.4 Å². The molecule has 2 heterocycles. The van der Waals surface area contributed by atoms with Crippen LogP contribution in [0.4, 0.5) is 13.2 Å². The first kappa shape index (κ1) is 18.1. The molecule has 1 aliphatic rings. The SMILES string of the molecule is Cc1cc(F)c(C2c3[nH]c4ccccc4c3CCN2CC(C)(C)F)c(F)c1. The molecule has 3 aromatic rings. The highest BCUT2D eigenvalue weighted by molar-refractivity contribution is 5.85. The van der Waals surface area contributed by atoms with Gasteiger partial charge in [-0.05, 0) is 56.5 Å². The molecular formula is C22H23F3N2. The van der Waals surface area contributed by atoms with Crippen LogP contribution < -0.4 is 0 Å². The second-order valence-electron chi connectivity index (χ2n) is 8.05. The van der Waals surface area contributed by atoms with Gasteiger partial charge in [-0.15, -0.1) is 0 Å². The number of hydrogen-bond donors (Lipinski definition) is 1. The number of aryl methyl sites for hydroxylation is 1. The summed E-state index contributed by atoms with van der Waals surface area (Å²) in [6, 6.07) is 9.85. The predicted octanol–water partition coefficient (Wildman–Crippen LogP) is 5.45. The van der Waals surface area contributed by atoms with Crippen LogP contribution in [0.1, 0.15) is 42.3 Å². The molecule has 1 aromatic heterocycles. The summed E-state index contributed by atoms with van der Waals surface area (Å²) in [6.07, 6.45) is 0.709. The number of fused-ring (bicyclic) bond motifs is 3. The fourth-order valence-electron chi connectivity index (χ4n) is 4.24. The van der Waals surface area contributed by atoms with E-state index in [0.717, 1.165) is 22.2 Å². The van der Waals surface area contributed by atoms with Crippen LogP contribution in [0, 0.1) is 18.6 Å². The lowest BCUT2D eigenvalue weighted by atomic mass is 9.90. The van der Waals surface area contributed by atoms with Gasteiger partial charge in [-0.2, -0.15) is 0 Å². The summed E-state index contributed by atoms with van der Waals surface area (Å²) in [4.78, 5) is 5.19. The van der Waals surface area contributed by atoms with Crippen molar-refractivity contribution in [1.82, 2.24) is 9.88 Å². The van der Waals surface area contributed by atoms with Crippen LogP contribution in [-0.4, -0.2) is 28.6 Å². The summed E-state index contributed by atoms with van der Waals surface area (Å²) in [5, 5.41) is 1.06. The average molecular weight is 372 g/mol. The number of H-pyrrole nitrogens is 1. The van der Waals surface area contributed by atoms with Crippen molar-refractivity contribution in [3.8, 4) is 0 Å². The highest BCUT2D eigenvalue weighted by Crippen LogP contribution is 2.41. The molecule has 1 atom stereocenters. The highest BCUT2D eigenvalue weighted by Gasteiger charge is 2.37. The largest absolute Gasteiger partial charge is 0.357 e. The molecule has 1 aliphatic heterocycles. The Bertz CT molecular complexity index is 977. The smallest absolute Gasteiger partial charge is 0.131 e. The summed E-state index contributed by atoms with van der Waals surface area (Å²) < 4.78 is 44.2. The van der Waals surface area contributed by atoms with Gasteiger partial charge >= 0.3 is 0 Å². The van der Waals surface area contributed by atoms with Crippen LogP contribution in [-0.2, 0) is 6.42 Å². The van der Waals surface area contributed by atoms with Gasteiger partial charge in [0, 0.05) is 35.2 Å². The van der Waals surface area contributed by atoms with Gasteiger partial charge < -0.3 is 4.98 Å². The lowest BCUT2D eigenvalue weighted by Crippen LogP contribution is -2.43. The summed E-state index contributed by atoms with van der Waals surface area (Å²) in [6.45, 7) is 5.28. The number of hydrogen-bond acceptors (Lipinski definition) is 1. The Labute approximate surface area is 157 Å². The molecule has 142 valence electrons. The molecule has 1 N–H and O–H groups in total. The minimum atomic E-state index is -1.47. The zero-order valence-corrected chi connectivity index (χ0v) is 15.7. The average Bonchev–Trinajstić information content (AvgIpc) is 2.93. The molecule has 2 nitrogen and oxygen atoms in total. The first-order chi connectivity index (χ1) is 12.7. The maximum absolute atomic E-state index is 14.9. The minimum absolute atomic E-state index is 0.0163. The van der Waals surface area contributed by atoms with Crippen LogP contribution in [0.25, 0.3) is 10.9 Å². The molecule has 0 saturated carbocycles. The zero-order chi connectivity index (χ0) is 19.3. The molecular weight excluding hydrogens is 349 g/mol. The number of alkyl halides is 1. The molecule has 0 bridgehead atoms. The normalized spacial score (nSPS) is 18.1. The Morgan fingerprint density at radius 3 is 2.48 bits per heavy atom. The molecule has 2 aromatic carbocycles. The van der Waals surface area contributed by atoms with Crippen LogP contribution >= 0.6 is 0 Å². The van der Waals surface area contributed by atoms with Crippen molar-refractivity contribution in [1.29, 1.82) is 0 Å². The van der Waals surface area contributed by atoms with E-state index in [1.807, 2.05) is 29.2 Å². The van der Waals surface area contributed by atoms with Gasteiger partial charge in [-0.1, -0.05) is 18.2 Å². The van der Waals surface area contributed by atoms with E-state index < -0.39 is 23.3 Å². The molecule has 0 aliphatic carbocycles. The summed E-state index contributed by atoms with van der Waals surface area (Å²) in [5.41, 5.74) is 1.79. The standard InChI is InChI=1S/C22H23F3N2/c1-13-10-16(23)19(17(24)11-13)21-20-15(8-9-27(21)12-22(2,3)25)14-6-4-5-7-18(14)26-20/h4-7,10-11,21,26H,8-9,12H2,1-3H3. The van der Waals surface area contributed by atoms with Crippen LogP contribution in [0.15, 0.2) is 36.4 Å².